The minimum atomic E-state index is -1.02. The van der Waals surface area contributed by atoms with Crippen LogP contribution in [-0.2, 0) is 0 Å². The molecule has 9 nitrogen and oxygen atoms in total. The number of hydrogen-bond acceptors (Lipinski definition) is 6. The second-order valence-corrected chi connectivity index (χ2v) is 7.87. The molecular formula is C23H22FN7O2. The van der Waals surface area contributed by atoms with Crippen LogP contribution in [0.1, 0.15) is 12.8 Å². The van der Waals surface area contributed by atoms with Gasteiger partial charge in [-0.1, -0.05) is 12.1 Å². The molecule has 0 spiro atoms. The minimum Gasteiger partial charge on any atom is -0.465 e. The van der Waals surface area contributed by atoms with Gasteiger partial charge in [-0.2, -0.15) is 9.61 Å². The number of aromatic nitrogens is 4. The van der Waals surface area contributed by atoms with Gasteiger partial charge in [0.25, 0.3) is 0 Å². The van der Waals surface area contributed by atoms with Crippen molar-refractivity contribution in [2.45, 2.75) is 18.9 Å². The SMILES string of the molecule is O=C(O)NC1CCCN(c2ccncc2Nc2ncc3ccc(-c4ccccc4F)nn23)C1. The average molecular weight is 447 g/mol. The molecule has 1 aliphatic heterocycles. The Morgan fingerprint density at radius 1 is 1.15 bits per heavy atom. The Hall–Kier alpha value is -4.21. The third kappa shape index (κ3) is 4.27. The predicted molar refractivity (Wildman–Crippen MR) is 122 cm³/mol. The van der Waals surface area contributed by atoms with Gasteiger partial charge >= 0.3 is 6.09 Å². The summed E-state index contributed by atoms with van der Waals surface area (Å²) in [6.07, 6.45) is 5.73. The fourth-order valence-electron chi connectivity index (χ4n) is 4.15. The fraction of sp³-hybridized carbons (Fsp3) is 0.217. The molecule has 5 rings (SSSR count). The Labute approximate surface area is 188 Å². The van der Waals surface area contributed by atoms with Gasteiger partial charge in [0.2, 0.25) is 5.95 Å². The molecule has 4 aromatic rings. The van der Waals surface area contributed by atoms with Gasteiger partial charge in [0.15, 0.2) is 0 Å². The summed E-state index contributed by atoms with van der Waals surface area (Å²) in [4.78, 5) is 21.9. The molecular weight excluding hydrogens is 425 g/mol. The number of rotatable bonds is 5. The number of halogens is 1. The lowest BCUT2D eigenvalue weighted by molar-refractivity contribution is 0.188. The van der Waals surface area contributed by atoms with Crippen LogP contribution in [0.3, 0.4) is 0 Å². The second kappa shape index (κ2) is 8.73. The van der Waals surface area contributed by atoms with Crippen molar-refractivity contribution in [3.63, 3.8) is 0 Å². The Bertz CT molecular complexity index is 1310. The third-order valence-electron chi connectivity index (χ3n) is 5.67. The Morgan fingerprint density at radius 2 is 2.03 bits per heavy atom. The van der Waals surface area contributed by atoms with Gasteiger partial charge in [-0.15, -0.1) is 0 Å². The number of anilines is 3. The van der Waals surface area contributed by atoms with Crippen LogP contribution in [0.25, 0.3) is 16.8 Å². The Morgan fingerprint density at radius 3 is 2.88 bits per heavy atom. The Kier molecular flexibility index (Phi) is 5.47. The number of carboxylic acid groups (broad SMARTS) is 1. The first-order valence-corrected chi connectivity index (χ1v) is 10.6. The quantitative estimate of drug-likeness (QED) is 0.426. The molecule has 10 heteroatoms. The summed E-state index contributed by atoms with van der Waals surface area (Å²) in [5, 5.41) is 19.5. The molecule has 4 heterocycles. The lowest BCUT2D eigenvalue weighted by Crippen LogP contribution is -2.47. The molecule has 0 radical (unpaired) electrons. The molecule has 1 aromatic carbocycles. The van der Waals surface area contributed by atoms with E-state index in [2.05, 4.69) is 30.6 Å². The number of pyridine rings is 1. The summed E-state index contributed by atoms with van der Waals surface area (Å²) >= 11 is 0. The predicted octanol–water partition coefficient (Wildman–Crippen LogP) is 3.91. The highest BCUT2D eigenvalue weighted by Gasteiger charge is 2.23. The zero-order valence-corrected chi connectivity index (χ0v) is 17.6. The first-order chi connectivity index (χ1) is 16.1. The summed E-state index contributed by atoms with van der Waals surface area (Å²) < 4.78 is 15.9. The fourth-order valence-corrected chi connectivity index (χ4v) is 4.15. The van der Waals surface area contributed by atoms with Gasteiger partial charge in [0, 0.05) is 30.9 Å². The third-order valence-corrected chi connectivity index (χ3v) is 5.67. The molecule has 1 aliphatic rings. The van der Waals surface area contributed by atoms with E-state index in [1.54, 1.807) is 47.4 Å². The molecule has 33 heavy (non-hydrogen) atoms. The van der Waals surface area contributed by atoms with Crippen LogP contribution in [-0.4, -0.2) is 49.9 Å². The van der Waals surface area contributed by atoms with Crippen LogP contribution >= 0.6 is 0 Å². The van der Waals surface area contributed by atoms with Gasteiger partial charge in [-0.3, -0.25) is 4.98 Å². The number of fused-ring (bicyclic) bond motifs is 1. The average Bonchev–Trinajstić information content (AvgIpc) is 3.21. The normalized spacial score (nSPS) is 16.0. The van der Waals surface area contributed by atoms with Gasteiger partial charge in [-0.05, 0) is 43.2 Å². The van der Waals surface area contributed by atoms with Gasteiger partial charge in [0.1, 0.15) is 5.82 Å². The smallest absolute Gasteiger partial charge is 0.404 e. The standard InChI is InChI=1S/C23H22FN7O2/c24-18-6-2-1-5-17(18)19-8-7-16-12-26-22(31(16)29-19)28-20-13-25-10-9-21(20)30-11-3-4-15(14-30)27-23(32)33/h1-2,5-10,12-13,15,27H,3-4,11,14H2,(H,26,28)(H,32,33). The van der Waals surface area contributed by atoms with E-state index in [4.69, 9.17) is 5.11 Å². The van der Waals surface area contributed by atoms with Crippen molar-refractivity contribution in [3.8, 4) is 11.3 Å². The van der Waals surface area contributed by atoms with Crippen molar-refractivity contribution in [1.82, 2.24) is 24.9 Å². The largest absolute Gasteiger partial charge is 0.465 e. The molecule has 1 amide bonds. The van der Waals surface area contributed by atoms with E-state index in [1.807, 2.05) is 12.1 Å². The van der Waals surface area contributed by atoms with Gasteiger partial charge in [-0.25, -0.2) is 14.2 Å². The molecule has 1 fully saturated rings. The van der Waals surface area contributed by atoms with E-state index < -0.39 is 6.09 Å². The highest BCUT2D eigenvalue weighted by Crippen LogP contribution is 2.30. The molecule has 1 saturated heterocycles. The number of amides is 1. The maximum atomic E-state index is 14.3. The highest BCUT2D eigenvalue weighted by molar-refractivity contribution is 5.74. The lowest BCUT2D eigenvalue weighted by Gasteiger charge is -2.35. The minimum absolute atomic E-state index is 0.144. The molecule has 0 bridgehead atoms. The number of piperidine rings is 1. The van der Waals surface area contributed by atoms with Crippen molar-refractivity contribution in [2.24, 2.45) is 0 Å². The summed E-state index contributed by atoms with van der Waals surface area (Å²) in [7, 11) is 0. The number of imidazole rings is 1. The molecule has 168 valence electrons. The van der Waals surface area contributed by atoms with Crippen LogP contribution in [0.5, 0.6) is 0 Å². The summed E-state index contributed by atoms with van der Waals surface area (Å²) in [6, 6.07) is 11.8. The van der Waals surface area contributed by atoms with E-state index >= 15 is 0 Å². The van der Waals surface area contributed by atoms with E-state index in [0.29, 0.717) is 23.8 Å². The van der Waals surface area contributed by atoms with Crippen molar-refractivity contribution in [2.75, 3.05) is 23.3 Å². The first-order valence-electron chi connectivity index (χ1n) is 10.6. The van der Waals surface area contributed by atoms with E-state index in [1.165, 1.54) is 6.07 Å². The Balaban J connectivity index is 1.45. The van der Waals surface area contributed by atoms with Crippen LogP contribution < -0.4 is 15.5 Å². The van der Waals surface area contributed by atoms with Crippen molar-refractivity contribution >= 4 is 28.9 Å². The molecule has 3 N–H and O–H groups in total. The number of carbonyl (C=O) groups is 1. The van der Waals surface area contributed by atoms with Crippen molar-refractivity contribution in [3.05, 3.63) is 66.9 Å². The van der Waals surface area contributed by atoms with Crippen LogP contribution in [0.2, 0.25) is 0 Å². The topological polar surface area (TPSA) is 108 Å². The summed E-state index contributed by atoms with van der Waals surface area (Å²) in [5.74, 6) is 0.123. The van der Waals surface area contributed by atoms with Crippen molar-refractivity contribution < 1.29 is 14.3 Å². The number of hydrogen-bond donors (Lipinski definition) is 3. The van der Waals surface area contributed by atoms with Crippen LogP contribution in [0.15, 0.2) is 61.1 Å². The first kappa shape index (κ1) is 20.7. The summed E-state index contributed by atoms with van der Waals surface area (Å²) in [5.41, 5.74) is 3.27. The maximum absolute atomic E-state index is 14.3. The lowest BCUT2D eigenvalue weighted by atomic mass is 10.1. The highest BCUT2D eigenvalue weighted by atomic mass is 19.1. The second-order valence-electron chi connectivity index (χ2n) is 7.87. The maximum Gasteiger partial charge on any atom is 0.404 e. The molecule has 3 aromatic heterocycles. The van der Waals surface area contributed by atoms with E-state index in [-0.39, 0.29) is 11.9 Å². The number of benzene rings is 1. The van der Waals surface area contributed by atoms with Gasteiger partial charge < -0.3 is 20.6 Å². The monoisotopic (exact) mass is 447 g/mol. The number of nitrogens with zero attached hydrogens (tertiary/aromatic N) is 5. The van der Waals surface area contributed by atoms with E-state index in [0.717, 1.165) is 36.3 Å². The molecule has 0 saturated carbocycles. The zero-order chi connectivity index (χ0) is 22.8. The van der Waals surface area contributed by atoms with Crippen LogP contribution in [0.4, 0.5) is 26.5 Å². The van der Waals surface area contributed by atoms with Crippen molar-refractivity contribution in [1.29, 1.82) is 0 Å². The zero-order valence-electron chi connectivity index (χ0n) is 17.6. The number of nitrogens with one attached hydrogen (secondary N) is 2. The van der Waals surface area contributed by atoms with E-state index in [9.17, 15) is 9.18 Å². The van der Waals surface area contributed by atoms with Crippen LogP contribution in [0, 0.1) is 5.82 Å². The molecule has 1 atom stereocenters. The molecule has 0 aliphatic carbocycles. The summed E-state index contributed by atoms with van der Waals surface area (Å²) in [6.45, 7) is 1.36. The molecule has 1 unspecified atom stereocenters. The van der Waals surface area contributed by atoms with Gasteiger partial charge in [0.05, 0.1) is 35.0 Å².